The van der Waals surface area contributed by atoms with Crippen molar-refractivity contribution in [3.8, 4) is 0 Å². The Bertz CT molecular complexity index is 366. The van der Waals surface area contributed by atoms with Crippen molar-refractivity contribution >= 4 is 11.6 Å². The van der Waals surface area contributed by atoms with Gasteiger partial charge >= 0.3 is 6.18 Å². The van der Waals surface area contributed by atoms with Crippen molar-refractivity contribution in [2.45, 2.75) is 18.6 Å². The number of rotatable bonds is 3. The van der Waals surface area contributed by atoms with E-state index in [1.807, 2.05) is 0 Å². The average molecular weight is 253 g/mol. The van der Waals surface area contributed by atoms with Crippen LogP contribution in [-0.4, -0.2) is 6.54 Å². The second-order valence-corrected chi connectivity index (χ2v) is 3.85. The normalized spacial score (nSPS) is 13.9. The SMILES string of the molecule is NCC[C@H](N)c1ccc(Cl)cc1C(F)(F)F. The van der Waals surface area contributed by atoms with Crippen LogP contribution in [0.2, 0.25) is 5.02 Å². The van der Waals surface area contributed by atoms with E-state index in [2.05, 4.69) is 0 Å². The van der Waals surface area contributed by atoms with E-state index in [9.17, 15) is 13.2 Å². The molecular weight excluding hydrogens is 241 g/mol. The largest absolute Gasteiger partial charge is 0.416 e. The predicted molar refractivity (Wildman–Crippen MR) is 57.1 cm³/mol. The van der Waals surface area contributed by atoms with E-state index >= 15 is 0 Å². The van der Waals surface area contributed by atoms with Crippen molar-refractivity contribution in [3.05, 3.63) is 34.3 Å². The maximum absolute atomic E-state index is 12.7. The molecule has 16 heavy (non-hydrogen) atoms. The molecule has 0 bridgehead atoms. The highest BCUT2D eigenvalue weighted by Gasteiger charge is 2.34. The average Bonchev–Trinajstić information content (AvgIpc) is 2.16. The van der Waals surface area contributed by atoms with E-state index in [0.29, 0.717) is 6.42 Å². The molecular formula is C10H12ClF3N2. The summed E-state index contributed by atoms with van der Waals surface area (Å²) in [5, 5.41) is 0.0380. The molecule has 0 spiro atoms. The number of hydrogen-bond donors (Lipinski definition) is 2. The first-order chi connectivity index (χ1) is 7.36. The van der Waals surface area contributed by atoms with Crippen molar-refractivity contribution in [3.63, 3.8) is 0 Å². The number of benzene rings is 1. The lowest BCUT2D eigenvalue weighted by Crippen LogP contribution is -2.20. The van der Waals surface area contributed by atoms with E-state index in [-0.39, 0.29) is 17.1 Å². The van der Waals surface area contributed by atoms with Crippen molar-refractivity contribution in [2.24, 2.45) is 11.5 Å². The molecule has 0 aliphatic rings. The Labute approximate surface area is 96.4 Å². The van der Waals surface area contributed by atoms with Gasteiger partial charge in [0.25, 0.3) is 0 Å². The van der Waals surface area contributed by atoms with Gasteiger partial charge in [0, 0.05) is 11.1 Å². The lowest BCUT2D eigenvalue weighted by atomic mass is 9.98. The molecule has 1 atom stereocenters. The first kappa shape index (κ1) is 13.3. The maximum Gasteiger partial charge on any atom is 0.416 e. The standard InChI is InChI=1S/C10H12ClF3N2/c11-6-1-2-7(9(16)3-4-15)8(5-6)10(12,13)14/h1-2,5,9H,3-4,15-16H2/t9-/m0/s1. The highest BCUT2D eigenvalue weighted by molar-refractivity contribution is 6.30. The fraction of sp³-hybridized carbons (Fsp3) is 0.400. The van der Waals surface area contributed by atoms with E-state index in [0.717, 1.165) is 6.07 Å². The predicted octanol–water partition coefficient (Wildman–Crippen LogP) is 2.71. The van der Waals surface area contributed by atoms with Crippen LogP contribution >= 0.6 is 11.6 Å². The van der Waals surface area contributed by atoms with Crippen molar-refractivity contribution in [1.29, 1.82) is 0 Å². The second kappa shape index (κ2) is 5.03. The highest BCUT2D eigenvalue weighted by atomic mass is 35.5. The van der Waals surface area contributed by atoms with Gasteiger partial charge in [-0.15, -0.1) is 0 Å². The minimum absolute atomic E-state index is 0.0300. The number of halogens is 4. The monoisotopic (exact) mass is 252 g/mol. The number of nitrogens with two attached hydrogens (primary N) is 2. The summed E-state index contributed by atoms with van der Waals surface area (Å²) in [4.78, 5) is 0. The third-order valence-electron chi connectivity index (χ3n) is 2.20. The zero-order valence-corrected chi connectivity index (χ0v) is 9.15. The van der Waals surface area contributed by atoms with Gasteiger partial charge in [-0.1, -0.05) is 17.7 Å². The highest BCUT2D eigenvalue weighted by Crippen LogP contribution is 2.36. The van der Waals surface area contributed by atoms with Crippen LogP contribution in [0.5, 0.6) is 0 Å². The van der Waals surface area contributed by atoms with Crippen molar-refractivity contribution < 1.29 is 13.2 Å². The van der Waals surface area contributed by atoms with Crippen LogP contribution in [0, 0.1) is 0 Å². The molecule has 1 aromatic rings. The molecule has 0 radical (unpaired) electrons. The molecule has 1 aromatic carbocycles. The van der Waals surface area contributed by atoms with Crippen LogP contribution in [0.15, 0.2) is 18.2 Å². The molecule has 0 aromatic heterocycles. The lowest BCUT2D eigenvalue weighted by molar-refractivity contribution is -0.138. The topological polar surface area (TPSA) is 52.0 Å². The minimum Gasteiger partial charge on any atom is -0.330 e. The summed E-state index contributed by atoms with van der Waals surface area (Å²) in [5.41, 5.74) is 10.1. The van der Waals surface area contributed by atoms with Gasteiger partial charge in [-0.2, -0.15) is 13.2 Å². The summed E-state index contributed by atoms with van der Waals surface area (Å²) in [6.07, 6.45) is -4.16. The molecule has 0 heterocycles. The van der Waals surface area contributed by atoms with Gasteiger partial charge in [-0.05, 0) is 30.7 Å². The Morgan fingerprint density at radius 1 is 1.31 bits per heavy atom. The molecule has 90 valence electrons. The Morgan fingerprint density at radius 3 is 2.44 bits per heavy atom. The Kier molecular flexibility index (Phi) is 4.18. The zero-order chi connectivity index (χ0) is 12.3. The molecule has 0 aliphatic heterocycles. The van der Waals surface area contributed by atoms with E-state index in [1.165, 1.54) is 12.1 Å². The van der Waals surface area contributed by atoms with Gasteiger partial charge in [0.05, 0.1) is 5.56 Å². The molecule has 0 aliphatic carbocycles. The molecule has 6 heteroatoms. The summed E-state index contributed by atoms with van der Waals surface area (Å²) in [5.74, 6) is 0. The van der Waals surface area contributed by atoms with Gasteiger partial charge in [-0.3, -0.25) is 0 Å². The first-order valence-electron chi connectivity index (χ1n) is 4.68. The molecule has 2 nitrogen and oxygen atoms in total. The van der Waals surface area contributed by atoms with Gasteiger partial charge in [0.2, 0.25) is 0 Å². The first-order valence-corrected chi connectivity index (χ1v) is 5.06. The number of hydrogen-bond acceptors (Lipinski definition) is 2. The van der Waals surface area contributed by atoms with Gasteiger partial charge in [0.15, 0.2) is 0 Å². The van der Waals surface area contributed by atoms with E-state index in [1.54, 1.807) is 0 Å². The summed E-state index contributed by atoms with van der Waals surface area (Å²) >= 11 is 5.54. The van der Waals surface area contributed by atoms with E-state index in [4.69, 9.17) is 23.1 Å². The lowest BCUT2D eigenvalue weighted by Gasteiger charge is -2.18. The van der Waals surface area contributed by atoms with Crippen molar-refractivity contribution in [1.82, 2.24) is 0 Å². The molecule has 0 saturated heterocycles. The Hall–Kier alpha value is -0.780. The summed E-state index contributed by atoms with van der Waals surface area (Å²) in [6.45, 7) is 0.237. The maximum atomic E-state index is 12.7. The fourth-order valence-corrected chi connectivity index (χ4v) is 1.60. The minimum atomic E-state index is -4.45. The Morgan fingerprint density at radius 2 is 1.94 bits per heavy atom. The number of alkyl halides is 3. The van der Waals surface area contributed by atoms with Crippen LogP contribution in [-0.2, 0) is 6.18 Å². The summed E-state index contributed by atoms with van der Waals surface area (Å²) in [7, 11) is 0. The molecule has 4 N–H and O–H groups in total. The third kappa shape index (κ3) is 3.10. The van der Waals surface area contributed by atoms with Crippen LogP contribution in [0.25, 0.3) is 0 Å². The second-order valence-electron chi connectivity index (χ2n) is 3.41. The smallest absolute Gasteiger partial charge is 0.330 e. The quantitative estimate of drug-likeness (QED) is 0.869. The van der Waals surface area contributed by atoms with Gasteiger partial charge in [-0.25, -0.2) is 0 Å². The van der Waals surface area contributed by atoms with Crippen LogP contribution < -0.4 is 11.5 Å². The summed E-state index contributed by atoms with van der Waals surface area (Å²) < 4.78 is 38.1. The molecule has 1 rings (SSSR count). The van der Waals surface area contributed by atoms with E-state index < -0.39 is 17.8 Å². The van der Waals surface area contributed by atoms with Crippen LogP contribution in [0.4, 0.5) is 13.2 Å². The fourth-order valence-electron chi connectivity index (χ4n) is 1.43. The van der Waals surface area contributed by atoms with Gasteiger partial charge in [0.1, 0.15) is 0 Å². The van der Waals surface area contributed by atoms with Crippen molar-refractivity contribution in [2.75, 3.05) is 6.54 Å². The van der Waals surface area contributed by atoms with Crippen LogP contribution in [0.3, 0.4) is 0 Å². The third-order valence-corrected chi connectivity index (χ3v) is 2.43. The Balaban J connectivity index is 3.18. The molecule has 0 unspecified atom stereocenters. The zero-order valence-electron chi connectivity index (χ0n) is 8.39. The molecule has 0 saturated carbocycles. The summed E-state index contributed by atoms with van der Waals surface area (Å²) in [6, 6.07) is 2.85. The molecule has 0 fully saturated rings. The van der Waals surface area contributed by atoms with Crippen LogP contribution in [0.1, 0.15) is 23.6 Å². The molecule has 0 amide bonds. The van der Waals surface area contributed by atoms with Gasteiger partial charge < -0.3 is 11.5 Å².